The summed E-state index contributed by atoms with van der Waals surface area (Å²) < 4.78 is 25.0. The number of nitrogens with zero attached hydrogens (tertiary/aromatic N) is 1. The molecule has 0 radical (unpaired) electrons. The maximum absolute atomic E-state index is 13.5. The van der Waals surface area contributed by atoms with Gasteiger partial charge in [0.1, 0.15) is 36.1 Å². The van der Waals surface area contributed by atoms with E-state index in [1.54, 1.807) is 18.2 Å². The molecular weight excluding hydrogens is 461 g/mol. The number of cyclic esters (lactones) is 1. The highest BCUT2D eigenvalue weighted by molar-refractivity contribution is 5.91. The lowest BCUT2D eigenvalue weighted by atomic mass is 9.96. The van der Waals surface area contributed by atoms with Crippen molar-refractivity contribution in [2.45, 2.75) is 18.2 Å². The molecule has 1 saturated heterocycles. The smallest absolute Gasteiger partial charge is 0.415 e. The number of aromatic hydroxyl groups is 1. The fraction of sp³-hybridized carbons (Fsp3) is 0.138. The Morgan fingerprint density at radius 2 is 1.58 bits per heavy atom. The molecule has 1 aliphatic rings. The van der Waals surface area contributed by atoms with Gasteiger partial charge in [-0.15, -0.1) is 0 Å². The molecular formula is C29H24FNO5. The molecule has 1 amide bonds. The summed E-state index contributed by atoms with van der Waals surface area (Å²) >= 11 is 0. The summed E-state index contributed by atoms with van der Waals surface area (Å²) in [7, 11) is 0. The number of benzene rings is 4. The number of aliphatic hydroxyl groups is 1. The van der Waals surface area contributed by atoms with E-state index in [4.69, 9.17) is 9.47 Å². The monoisotopic (exact) mass is 485 g/mol. The normalized spacial score (nSPS) is 18.1. The van der Waals surface area contributed by atoms with Crippen molar-refractivity contribution in [3.8, 4) is 22.6 Å². The predicted octanol–water partition coefficient (Wildman–Crippen LogP) is 5.70. The number of carbonyl (C=O) groups is 1. The second-order valence-electron chi connectivity index (χ2n) is 8.50. The quantitative estimate of drug-likeness (QED) is 0.351. The van der Waals surface area contributed by atoms with Gasteiger partial charge in [-0.25, -0.2) is 9.18 Å². The van der Waals surface area contributed by atoms with Crippen LogP contribution in [0.2, 0.25) is 0 Å². The lowest BCUT2D eigenvalue weighted by molar-refractivity contribution is -0.00645. The van der Waals surface area contributed by atoms with Gasteiger partial charge in [0.25, 0.3) is 0 Å². The molecule has 4 aromatic rings. The number of halogens is 1. The van der Waals surface area contributed by atoms with E-state index in [9.17, 15) is 19.4 Å². The van der Waals surface area contributed by atoms with Gasteiger partial charge >= 0.3 is 6.09 Å². The van der Waals surface area contributed by atoms with Crippen LogP contribution in [-0.4, -0.2) is 35.1 Å². The molecule has 0 aromatic heterocycles. The Balaban J connectivity index is 1.38. The second kappa shape index (κ2) is 10.1. The van der Waals surface area contributed by atoms with Gasteiger partial charge in [0.2, 0.25) is 0 Å². The number of rotatable bonds is 7. The third-order valence-electron chi connectivity index (χ3n) is 6.10. The van der Waals surface area contributed by atoms with E-state index in [2.05, 4.69) is 0 Å². The zero-order chi connectivity index (χ0) is 25.1. The first kappa shape index (κ1) is 23.4. The number of hydrogen-bond acceptors (Lipinski definition) is 5. The highest BCUT2D eigenvalue weighted by Crippen LogP contribution is 2.39. The van der Waals surface area contributed by atoms with Crippen molar-refractivity contribution in [2.24, 2.45) is 0 Å². The summed E-state index contributed by atoms with van der Waals surface area (Å²) in [6.07, 6.45) is -2.81. The SMILES string of the molecule is O=C1OC(C(O)COc2cccc(-c3ccccc3)c2)[C@@H](c2ccc(O)cc2)N1c1ccc(F)cc1. The highest BCUT2D eigenvalue weighted by Gasteiger charge is 2.47. The molecule has 4 aromatic carbocycles. The number of phenols is 1. The first-order chi connectivity index (χ1) is 17.5. The van der Waals surface area contributed by atoms with Gasteiger partial charge < -0.3 is 19.7 Å². The standard InChI is InChI=1S/C29H24FNO5/c30-22-11-13-23(14-12-22)31-27(20-9-15-24(32)16-10-20)28(36-29(31)34)26(33)18-35-25-8-4-7-21(17-25)19-5-2-1-3-6-19/h1-17,26-28,32-33H,18H2/t26?,27-,28?/m1/s1. The summed E-state index contributed by atoms with van der Waals surface area (Å²) in [4.78, 5) is 14.3. The van der Waals surface area contributed by atoms with Crippen LogP contribution in [0.1, 0.15) is 11.6 Å². The third kappa shape index (κ3) is 4.87. The van der Waals surface area contributed by atoms with Crippen molar-refractivity contribution >= 4 is 11.8 Å². The summed E-state index contributed by atoms with van der Waals surface area (Å²) in [6.45, 7) is -0.123. The molecule has 5 rings (SSSR count). The van der Waals surface area contributed by atoms with Crippen LogP contribution >= 0.6 is 0 Å². The van der Waals surface area contributed by atoms with Crippen molar-refractivity contribution in [2.75, 3.05) is 11.5 Å². The number of phenolic OH excluding ortho intramolecular Hbond substituents is 1. The van der Waals surface area contributed by atoms with Crippen LogP contribution in [0, 0.1) is 5.82 Å². The molecule has 0 bridgehead atoms. The average Bonchev–Trinajstić information content (AvgIpc) is 3.26. The van der Waals surface area contributed by atoms with Gasteiger partial charge in [-0.05, 0) is 65.2 Å². The third-order valence-corrected chi connectivity index (χ3v) is 6.10. The zero-order valence-corrected chi connectivity index (χ0v) is 19.2. The molecule has 182 valence electrons. The molecule has 0 saturated carbocycles. The molecule has 1 fully saturated rings. The number of hydrogen-bond donors (Lipinski definition) is 2. The maximum Gasteiger partial charge on any atom is 0.415 e. The Morgan fingerprint density at radius 1 is 0.889 bits per heavy atom. The van der Waals surface area contributed by atoms with Gasteiger partial charge in [0, 0.05) is 5.69 Å². The van der Waals surface area contributed by atoms with E-state index in [1.807, 2.05) is 48.5 Å². The number of amides is 1. The minimum Gasteiger partial charge on any atom is -0.508 e. The minimum atomic E-state index is -1.17. The summed E-state index contributed by atoms with van der Waals surface area (Å²) in [5, 5.41) is 20.8. The van der Waals surface area contributed by atoms with E-state index in [1.165, 1.54) is 41.3 Å². The van der Waals surface area contributed by atoms with Crippen LogP contribution in [0.25, 0.3) is 11.1 Å². The average molecular weight is 486 g/mol. The molecule has 1 aliphatic heterocycles. The summed E-state index contributed by atoms with van der Waals surface area (Å²) in [5.74, 6) is 0.197. The Hall–Kier alpha value is -4.36. The second-order valence-corrected chi connectivity index (χ2v) is 8.50. The van der Waals surface area contributed by atoms with Gasteiger partial charge in [0.05, 0.1) is 0 Å². The van der Waals surface area contributed by atoms with Gasteiger partial charge in [-0.3, -0.25) is 4.90 Å². The van der Waals surface area contributed by atoms with Crippen LogP contribution in [-0.2, 0) is 4.74 Å². The van der Waals surface area contributed by atoms with Crippen LogP contribution < -0.4 is 9.64 Å². The molecule has 0 spiro atoms. The molecule has 3 atom stereocenters. The Labute approximate surface area is 207 Å². The van der Waals surface area contributed by atoms with Crippen molar-refractivity contribution in [3.05, 3.63) is 115 Å². The topological polar surface area (TPSA) is 79.2 Å². The number of anilines is 1. The Bertz CT molecular complexity index is 1330. The van der Waals surface area contributed by atoms with Crippen LogP contribution in [0.5, 0.6) is 11.5 Å². The fourth-order valence-electron chi connectivity index (χ4n) is 4.34. The molecule has 2 N–H and O–H groups in total. The van der Waals surface area contributed by atoms with Crippen LogP contribution in [0.15, 0.2) is 103 Å². The lowest BCUT2D eigenvalue weighted by Crippen LogP contribution is -2.38. The van der Waals surface area contributed by atoms with Crippen molar-refractivity contribution < 1.29 is 28.9 Å². The first-order valence-corrected chi connectivity index (χ1v) is 11.5. The first-order valence-electron chi connectivity index (χ1n) is 11.5. The molecule has 6 nitrogen and oxygen atoms in total. The molecule has 2 unspecified atom stereocenters. The molecule has 1 heterocycles. The number of ether oxygens (including phenoxy) is 2. The minimum absolute atomic E-state index is 0.0658. The van der Waals surface area contributed by atoms with Crippen LogP contribution in [0.3, 0.4) is 0 Å². The van der Waals surface area contributed by atoms with E-state index in [0.717, 1.165) is 11.1 Å². The largest absolute Gasteiger partial charge is 0.508 e. The molecule has 36 heavy (non-hydrogen) atoms. The fourth-order valence-corrected chi connectivity index (χ4v) is 4.34. The van der Waals surface area contributed by atoms with Gasteiger partial charge in [0.15, 0.2) is 6.10 Å². The zero-order valence-electron chi connectivity index (χ0n) is 19.2. The van der Waals surface area contributed by atoms with Gasteiger partial charge in [-0.2, -0.15) is 0 Å². The Morgan fingerprint density at radius 3 is 2.31 bits per heavy atom. The maximum atomic E-state index is 13.5. The predicted molar refractivity (Wildman–Crippen MR) is 133 cm³/mol. The molecule has 7 heteroatoms. The van der Waals surface area contributed by atoms with E-state index < -0.39 is 30.2 Å². The highest BCUT2D eigenvalue weighted by atomic mass is 19.1. The van der Waals surface area contributed by atoms with Crippen molar-refractivity contribution in [3.63, 3.8) is 0 Å². The Kier molecular flexibility index (Phi) is 6.56. The summed E-state index contributed by atoms with van der Waals surface area (Å²) in [5.41, 5.74) is 3.07. The number of carbonyl (C=O) groups excluding carboxylic acids is 1. The van der Waals surface area contributed by atoms with Crippen molar-refractivity contribution in [1.82, 2.24) is 0 Å². The van der Waals surface area contributed by atoms with E-state index in [-0.39, 0.29) is 12.4 Å². The van der Waals surface area contributed by atoms with Gasteiger partial charge in [-0.1, -0.05) is 54.6 Å². The van der Waals surface area contributed by atoms with Crippen LogP contribution in [0.4, 0.5) is 14.9 Å². The van der Waals surface area contributed by atoms with E-state index in [0.29, 0.717) is 17.0 Å². The van der Waals surface area contributed by atoms with E-state index >= 15 is 0 Å². The number of aliphatic hydroxyl groups excluding tert-OH is 1. The lowest BCUT2D eigenvalue weighted by Gasteiger charge is -2.27. The summed E-state index contributed by atoms with van der Waals surface area (Å²) in [6, 6.07) is 28.4. The molecule has 0 aliphatic carbocycles. The van der Waals surface area contributed by atoms with Crippen molar-refractivity contribution in [1.29, 1.82) is 0 Å².